The van der Waals surface area contributed by atoms with Crippen LogP contribution in [-0.4, -0.2) is 43.2 Å². The van der Waals surface area contributed by atoms with Crippen LogP contribution < -0.4 is 10.6 Å². The third-order valence-electron chi connectivity index (χ3n) is 3.73. The molecule has 0 spiro atoms. The van der Waals surface area contributed by atoms with E-state index in [2.05, 4.69) is 10.6 Å². The third-order valence-corrected chi connectivity index (χ3v) is 5.11. The van der Waals surface area contributed by atoms with Crippen LogP contribution in [0.15, 0.2) is 24.3 Å². The van der Waals surface area contributed by atoms with Crippen molar-refractivity contribution in [2.24, 2.45) is 0 Å². The number of rotatable bonds is 6. The van der Waals surface area contributed by atoms with Crippen LogP contribution in [0.1, 0.15) is 25.0 Å². The Morgan fingerprint density at radius 3 is 2.82 bits per heavy atom. The van der Waals surface area contributed by atoms with Crippen molar-refractivity contribution in [2.45, 2.75) is 31.5 Å². The molecular formula is C16H23ClN2O2S. The molecule has 6 heteroatoms. The molecule has 1 aromatic carbocycles. The Balaban J connectivity index is 1.89. The molecule has 4 nitrogen and oxygen atoms in total. The molecule has 1 heterocycles. The molecule has 1 saturated heterocycles. The summed E-state index contributed by atoms with van der Waals surface area (Å²) in [4.78, 5) is 12.2. The van der Waals surface area contributed by atoms with Gasteiger partial charge in [-0.1, -0.05) is 23.7 Å². The fourth-order valence-electron chi connectivity index (χ4n) is 2.64. The van der Waals surface area contributed by atoms with E-state index in [0.29, 0.717) is 11.4 Å². The van der Waals surface area contributed by atoms with E-state index in [-0.39, 0.29) is 24.1 Å². The first-order chi connectivity index (χ1) is 10.6. The first-order valence-electron chi connectivity index (χ1n) is 7.49. The monoisotopic (exact) mass is 342 g/mol. The van der Waals surface area contributed by atoms with Gasteiger partial charge in [-0.25, -0.2) is 0 Å². The number of benzene rings is 1. The molecule has 1 aliphatic rings. The summed E-state index contributed by atoms with van der Waals surface area (Å²) in [5.41, 5.74) is 1.01. The highest BCUT2D eigenvalue weighted by Crippen LogP contribution is 2.22. The van der Waals surface area contributed by atoms with Crippen LogP contribution in [0.3, 0.4) is 0 Å². The number of hydrogen-bond acceptors (Lipinski definition) is 4. The van der Waals surface area contributed by atoms with E-state index < -0.39 is 0 Å². The SMILES string of the molecule is COC(c1ccc(Cl)cc1)C(C)NC(=O)CC1CSCCN1. The number of amides is 1. The van der Waals surface area contributed by atoms with E-state index in [4.69, 9.17) is 16.3 Å². The van der Waals surface area contributed by atoms with E-state index in [1.165, 1.54) is 0 Å². The highest BCUT2D eigenvalue weighted by atomic mass is 35.5. The normalized spacial score (nSPS) is 21.1. The van der Waals surface area contributed by atoms with Crippen molar-refractivity contribution in [1.82, 2.24) is 10.6 Å². The standard InChI is InChI=1S/C16H23ClN2O2S/c1-11(16(21-2)12-3-5-13(17)6-4-12)19-15(20)9-14-10-22-8-7-18-14/h3-6,11,14,16,18H,7-10H2,1-2H3,(H,19,20). The van der Waals surface area contributed by atoms with Gasteiger partial charge in [0.1, 0.15) is 6.10 Å². The molecule has 1 amide bonds. The highest BCUT2D eigenvalue weighted by molar-refractivity contribution is 7.99. The lowest BCUT2D eigenvalue weighted by atomic mass is 10.0. The maximum atomic E-state index is 12.2. The van der Waals surface area contributed by atoms with Gasteiger partial charge in [-0.15, -0.1) is 0 Å². The Morgan fingerprint density at radius 2 is 2.23 bits per heavy atom. The number of carbonyl (C=O) groups is 1. The molecule has 0 bridgehead atoms. The summed E-state index contributed by atoms with van der Waals surface area (Å²) < 4.78 is 5.55. The zero-order chi connectivity index (χ0) is 15.9. The van der Waals surface area contributed by atoms with Crippen molar-refractivity contribution in [3.63, 3.8) is 0 Å². The molecular weight excluding hydrogens is 320 g/mol. The first-order valence-corrected chi connectivity index (χ1v) is 9.02. The van der Waals surface area contributed by atoms with Crippen LogP contribution in [0.25, 0.3) is 0 Å². The van der Waals surface area contributed by atoms with Gasteiger partial charge in [-0.05, 0) is 24.6 Å². The first kappa shape index (κ1) is 17.6. The number of carbonyl (C=O) groups excluding carboxylic acids is 1. The van der Waals surface area contributed by atoms with Crippen LogP contribution >= 0.6 is 23.4 Å². The Labute approximate surface area is 141 Å². The van der Waals surface area contributed by atoms with E-state index in [1.807, 2.05) is 43.0 Å². The predicted molar refractivity (Wildman–Crippen MR) is 92.5 cm³/mol. The largest absolute Gasteiger partial charge is 0.375 e. The van der Waals surface area contributed by atoms with Gasteiger partial charge in [-0.3, -0.25) is 4.79 Å². The molecule has 2 rings (SSSR count). The topological polar surface area (TPSA) is 50.4 Å². The number of thioether (sulfide) groups is 1. The smallest absolute Gasteiger partial charge is 0.221 e. The van der Waals surface area contributed by atoms with Crippen molar-refractivity contribution in [2.75, 3.05) is 25.2 Å². The molecule has 0 radical (unpaired) electrons. The lowest BCUT2D eigenvalue weighted by Gasteiger charge is -2.26. The summed E-state index contributed by atoms with van der Waals surface area (Å²) in [6.45, 7) is 2.94. The van der Waals surface area contributed by atoms with E-state index in [0.717, 1.165) is 23.6 Å². The second kappa shape index (κ2) is 8.77. The number of nitrogens with one attached hydrogen (secondary N) is 2. The van der Waals surface area contributed by atoms with Gasteiger partial charge in [0, 0.05) is 42.6 Å². The molecule has 0 aromatic heterocycles. The molecule has 22 heavy (non-hydrogen) atoms. The summed E-state index contributed by atoms with van der Waals surface area (Å²) in [7, 11) is 1.65. The zero-order valence-corrected chi connectivity index (χ0v) is 14.5. The van der Waals surface area contributed by atoms with Gasteiger partial charge in [0.15, 0.2) is 0 Å². The van der Waals surface area contributed by atoms with E-state index >= 15 is 0 Å². The molecule has 1 aromatic rings. The lowest BCUT2D eigenvalue weighted by Crippen LogP contribution is -2.44. The Kier molecular flexibility index (Phi) is 7.02. The number of halogens is 1. The summed E-state index contributed by atoms with van der Waals surface area (Å²) in [6.07, 6.45) is 0.323. The van der Waals surface area contributed by atoms with Crippen LogP contribution in [0.4, 0.5) is 0 Å². The fourth-order valence-corrected chi connectivity index (χ4v) is 3.72. The summed E-state index contributed by atoms with van der Waals surface area (Å²) in [5, 5.41) is 7.11. The minimum atomic E-state index is -0.185. The van der Waals surface area contributed by atoms with Crippen molar-refractivity contribution >= 4 is 29.3 Å². The average Bonchev–Trinajstić information content (AvgIpc) is 2.50. The van der Waals surface area contributed by atoms with Gasteiger partial charge < -0.3 is 15.4 Å². The van der Waals surface area contributed by atoms with E-state index in [1.54, 1.807) is 7.11 Å². The maximum absolute atomic E-state index is 12.2. The number of ether oxygens (including phenoxy) is 1. The Bertz CT molecular complexity index is 478. The predicted octanol–water partition coefficient (Wildman–Crippen LogP) is 2.63. The van der Waals surface area contributed by atoms with Crippen molar-refractivity contribution in [1.29, 1.82) is 0 Å². The molecule has 2 N–H and O–H groups in total. The summed E-state index contributed by atoms with van der Waals surface area (Å²) >= 11 is 7.81. The minimum absolute atomic E-state index is 0.0588. The van der Waals surface area contributed by atoms with Gasteiger partial charge in [0.05, 0.1) is 6.04 Å². The number of methoxy groups -OCH3 is 1. The average molecular weight is 343 g/mol. The van der Waals surface area contributed by atoms with Gasteiger partial charge >= 0.3 is 0 Å². The molecule has 0 saturated carbocycles. The van der Waals surface area contributed by atoms with Crippen LogP contribution in [-0.2, 0) is 9.53 Å². The molecule has 3 unspecified atom stereocenters. The van der Waals surface area contributed by atoms with Crippen LogP contribution in [0, 0.1) is 0 Å². The van der Waals surface area contributed by atoms with Gasteiger partial charge in [0.2, 0.25) is 5.91 Å². The van der Waals surface area contributed by atoms with Crippen LogP contribution in [0.2, 0.25) is 5.02 Å². The number of hydrogen-bond donors (Lipinski definition) is 2. The highest BCUT2D eigenvalue weighted by Gasteiger charge is 2.23. The maximum Gasteiger partial charge on any atom is 0.221 e. The fraction of sp³-hybridized carbons (Fsp3) is 0.562. The molecule has 1 aliphatic heterocycles. The Morgan fingerprint density at radius 1 is 1.50 bits per heavy atom. The van der Waals surface area contributed by atoms with Crippen molar-refractivity contribution in [3.8, 4) is 0 Å². The second-order valence-corrected chi connectivity index (χ2v) is 7.08. The molecule has 3 atom stereocenters. The van der Waals surface area contributed by atoms with Gasteiger partial charge in [0.25, 0.3) is 0 Å². The zero-order valence-electron chi connectivity index (χ0n) is 13.0. The Hall–Kier alpha value is -0.750. The molecule has 0 aliphatic carbocycles. The van der Waals surface area contributed by atoms with E-state index in [9.17, 15) is 4.79 Å². The molecule has 122 valence electrons. The second-order valence-electron chi connectivity index (χ2n) is 5.49. The summed E-state index contributed by atoms with van der Waals surface area (Å²) in [6, 6.07) is 7.69. The minimum Gasteiger partial charge on any atom is -0.375 e. The lowest BCUT2D eigenvalue weighted by molar-refractivity contribution is -0.123. The van der Waals surface area contributed by atoms with Gasteiger partial charge in [-0.2, -0.15) is 11.8 Å². The van der Waals surface area contributed by atoms with Crippen molar-refractivity contribution < 1.29 is 9.53 Å². The van der Waals surface area contributed by atoms with Crippen molar-refractivity contribution in [3.05, 3.63) is 34.9 Å². The quantitative estimate of drug-likeness (QED) is 0.834. The third kappa shape index (κ3) is 5.16. The summed E-state index contributed by atoms with van der Waals surface area (Å²) in [5.74, 6) is 2.17. The molecule has 1 fully saturated rings. The van der Waals surface area contributed by atoms with Crippen LogP contribution in [0.5, 0.6) is 0 Å².